The fraction of sp³-hybridized carbons (Fsp3) is 0.385. The van der Waals surface area contributed by atoms with Gasteiger partial charge in [-0.05, 0) is 12.0 Å². The van der Waals surface area contributed by atoms with Gasteiger partial charge in [-0.3, -0.25) is 14.5 Å². The molecule has 2 aliphatic rings. The van der Waals surface area contributed by atoms with E-state index in [1.54, 1.807) is 0 Å². The van der Waals surface area contributed by atoms with Gasteiger partial charge in [-0.2, -0.15) is 0 Å². The summed E-state index contributed by atoms with van der Waals surface area (Å²) in [6, 6.07) is 9.20. The van der Waals surface area contributed by atoms with Gasteiger partial charge < -0.3 is 5.73 Å². The highest BCUT2D eigenvalue weighted by Crippen LogP contribution is 2.49. The molecule has 0 bridgehead atoms. The predicted octanol–water partition coefficient (Wildman–Crippen LogP) is 0.691. The third-order valence-corrected chi connectivity index (χ3v) is 3.62. The summed E-state index contributed by atoms with van der Waals surface area (Å²) in [7, 11) is 0. The van der Waals surface area contributed by atoms with Crippen LogP contribution in [0.5, 0.6) is 0 Å². The van der Waals surface area contributed by atoms with Crippen molar-refractivity contribution in [1.82, 2.24) is 4.90 Å². The van der Waals surface area contributed by atoms with Gasteiger partial charge in [0.15, 0.2) is 0 Å². The minimum absolute atomic E-state index is 0.0423. The minimum atomic E-state index is -0.302. The standard InChI is InChI=1S/C13H14N2O2/c14-7-11(8-4-2-1-3-5-8)15-12(16)9-6-10(9)13(15)17/h1-5,9-11H,6-7,14H2. The van der Waals surface area contributed by atoms with Crippen molar-refractivity contribution in [3.63, 3.8) is 0 Å². The van der Waals surface area contributed by atoms with E-state index in [4.69, 9.17) is 5.73 Å². The van der Waals surface area contributed by atoms with Crippen molar-refractivity contribution < 1.29 is 9.59 Å². The molecular formula is C13H14N2O2. The van der Waals surface area contributed by atoms with Crippen LogP contribution in [0.4, 0.5) is 0 Å². The Morgan fingerprint density at radius 3 is 2.29 bits per heavy atom. The molecule has 1 saturated heterocycles. The summed E-state index contributed by atoms with van der Waals surface area (Å²) in [4.78, 5) is 25.3. The molecule has 1 aromatic carbocycles. The monoisotopic (exact) mass is 230 g/mol. The van der Waals surface area contributed by atoms with Crippen LogP contribution in [0, 0.1) is 11.8 Å². The highest BCUT2D eigenvalue weighted by atomic mass is 16.2. The molecule has 0 aromatic heterocycles. The molecule has 2 fully saturated rings. The molecule has 1 saturated carbocycles. The molecule has 4 nitrogen and oxygen atoms in total. The van der Waals surface area contributed by atoms with Crippen molar-refractivity contribution in [3.8, 4) is 0 Å². The number of imide groups is 1. The van der Waals surface area contributed by atoms with Gasteiger partial charge in [-0.1, -0.05) is 30.3 Å². The second kappa shape index (κ2) is 3.67. The lowest BCUT2D eigenvalue weighted by molar-refractivity contribution is -0.144. The Morgan fingerprint density at radius 1 is 1.18 bits per heavy atom. The maximum atomic E-state index is 12.0. The average molecular weight is 230 g/mol. The molecular weight excluding hydrogens is 216 g/mol. The number of amides is 2. The van der Waals surface area contributed by atoms with Gasteiger partial charge in [-0.25, -0.2) is 0 Å². The first-order valence-corrected chi connectivity index (χ1v) is 5.86. The molecule has 3 unspecified atom stereocenters. The van der Waals surface area contributed by atoms with Crippen LogP contribution in [-0.2, 0) is 9.59 Å². The van der Waals surface area contributed by atoms with Crippen molar-refractivity contribution in [2.75, 3.05) is 6.54 Å². The number of hydrogen-bond donors (Lipinski definition) is 1. The van der Waals surface area contributed by atoms with Gasteiger partial charge in [0.25, 0.3) is 0 Å². The lowest BCUT2D eigenvalue weighted by Crippen LogP contribution is -2.40. The van der Waals surface area contributed by atoms with Crippen LogP contribution < -0.4 is 5.73 Å². The molecule has 1 aromatic rings. The number of carbonyl (C=O) groups excluding carboxylic acids is 2. The van der Waals surface area contributed by atoms with Gasteiger partial charge in [0.1, 0.15) is 0 Å². The largest absolute Gasteiger partial charge is 0.328 e. The summed E-state index contributed by atoms with van der Waals surface area (Å²) in [6.45, 7) is 0.279. The van der Waals surface area contributed by atoms with Gasteiger partial charge in [0, 0.05) is 6.54 Å². The maximum Gasteiger partial charge on any atom is 0.233 e. The summed E-state index contributed by atoms with van der Waals surface area (Å²) in [6.07, 6.45) is 0.736. The van der Waals surface area contributed by atoms with Crippen LogP contribution in [-0.4, -0.2) is 23.3 Å². The van der Waals surface area contributed by atoms with Crippen molar-refractivity contribution in [3.05, 3.63) is 35.9 Å². The van der Waals surface area contributed by atoms with E-state index in [-0.39, 0.29) is 36.2 Å². The van der Waals surface area contributed by atoms with Crippen LogP contribution in [0.15, 0.2) is 30.3 Å². The van der Waals surface area contributed by atoms with Gasteiger partial charge >= 0.3 is 0 Å². The number of carbonyl (C=O) groups is 2. The highest BCUT2D eigenvalue weighted by molar-refractivity contribution is 6.09. The first-order valence-electron chi connectivity index (χ1n) is 5.86. The van der Waals surface area contributed by atoms with Gasteiger partial charge in [-0.15, -0.1) is 0 Å². The second-order valence-corrected chi connectivity index (χ2v) is 4.66. The third kappa shape index (κ3) is 1.48. The van der Waals surface area contributed by atoms with E-state index in [1.807, 2.05) is 30.3 Å². The summed E-state index contributed by atoms with van der Waals surface area (Å²) in [5.74, 6) is -0.195. The topological polar surface area (TPSA) is 63.4 Å². The average Bonchev–Trinajstić information content (AvgIpc) is 3.11. The first-order chi connectivity index (χ1) is 8.24. The SMILES string of the molecule is NCC(c1ccccc1)N1C(=O)C2CC2C1=O. The summed E-state index contributed by atoms with van der Waals surface area (Å²) in [5.41, 5.74) is 6.65. The summed E-state index contributed by atoms with van der Waals surface area (Å²) >= 11 is 0. The van der Waals surface area contributed by atoms with E-state index in [2.05, 4.69) is 0 Å². The lowest BCUT2D eigenvalue weighted by Gasteiger charge is -2.26. The quantitative estimate of drug-likeness (QED) is 0.777. The Labute approximate surface area is 99.4 Å². The Morgan fingerprint density at radius 2 is 1.76 bits per heavy atom. The molecule has 2 amide bonds. The molecule has 3 atom stereocenters. The maximum absolute atomic E-state index is 12.0. The van der Waals surface area contributed by atoms with Crippen molar-refractivity contribution in [2.24, 2.45) is 17.6 Å². The fourth-order valence-corrected chi connectivity index (χ4v) is 2.58. The Bertz CT molecular complexity index is 452. The van der Waals surface area contributed by atoms with E-state index in [9.17, 15) is 9.59 Å². The zero-order chi connectivity index (χ0) is 12.0. The molecule has 4 heteroatoms. The van der Waals surface area contributed by atoms with Gasteiger partial charge in [0.05, 0.1) is 17.9 Å². The molecule has 0 radical (unpaired) electrons. The third-order valence-electron chi connectivity index (χ3n) is 3.62. The molecule has 2 N–H and O–H groups in total. The van der Waals surface area contributed by atoms with Crippen LogP contribution in [0.25, 0.3) is 0 Å². The predicted molar refractivity (Wildman–Crippen MR) is 61.7 cm³/mol. The fourth-order valence-electron chi connectivity index (χ4n) is 2.58. The van der Waals surface area contributed by atoms with Gasteiger partial charge in [0.2, 0.25) is 11.8 Å². The van der Waals surface area contributed by atoms with Crippen molar-refractivity contribution >= 4 is 11.8 Å². The first kappa shape index (κ1) is 10.5. The molecule has 17 heavy (non-hydrogen) atoms. The summed E-state index contributed by atoms with van der Waals surface area (Å²) in [5, 5.41) is 0. The van der Waals surface area contributed by atoms with Crippen molar-refractivity contribution in [2.45, 2.75) is 12.5 Å². The minimum Gasteiger partial charge on any atom is -0.328 e. The van der Waals surface area contributed by atoms with E-state index in [0.29, 0.717) is 0 Å². The number of rotatable bonds is 3. The van der Waals surface area contributed by atoms with E-state index < -0.39 is 0 Å². The lowest BCUT2D eigenvalue weighted by atomic mass is 10.1. The summed E-state index contributed by atoms with van der Waals surface area (Å²) < 4.78 is 0. The molecule has 3 rings (SSSR count). The van der Waals surface area contributed by atoms with Crippen LogP contribution in [0.3, 0.4) is 0 Å². The number of likely N-dealkylation sites (tertiary alicyclic amines) is 1. The Hall–Kier alpha value is -1.68. The van der Waals surface area contributed by atoms with Crippen LogP contribution in [0.2, 0.25) is 0 Å². The molecule has 88 valence electrons. The number of benzene rings is 1. The number of hydrogen-bond acceptors (Lipinski definition) is 3. The second-order valence-electron chi connectivity index (χ2n) is 4.66. The molecule has 1 aliphatic heterocycles. The Balaban J connectivity index is 1.92. The Kier molecular flexibility index (Phi) is 2.26. The normalized spacial score (nSPS) is 28.2. The van der Waals surface area contributed by atoms with Crippen LogP contribution >= 0.6 is 0 Å². The number of nitrogens with two attached hydrogens (primary N) is 1. The van der Waals surface area contributed by atoms with E-state index in [1.165, 1.54) is 4.90 Å². The zero-order valence-electron chi connectivity index (χ0n) is 9.37. The smallest absolute Gasteiger partial charge is 0.233 e. The van der Waals surface area contributed by atoms with E-state index in [0.717, 1.165) is 12.0 Å². The molecule has 0 spiro atoms. The highest BCUT2D eigenvalue weighted by Gasteiger charge is 2.60. The molecule has 1 heterocycles. The number of piperidine rings is 1. The zero-order valence-corrected chi connectivity index (χ0v) is 9.37. The number of fused-ring (bicyclic) bond motifs is 1. The molecule has 1 aliphatic carbocycles. The number of nitrogens with zero attached hydrogens (tertiary/aromatic N) is 1. The van der Waals surface area contributed by atoms with E-state index >= 15 is 0 Å². The van der Waals surface area contributed by atoms with Crippen molar-refractivity contribution in [1.29, 1.82) is 0 Å². The van der Waals surface area contributed by atoms with Crippen LogP contribution in [0.1, 0.15) is 18.0 Å².